The molecule has 0 spiro atoms. The van der Waals surface area contributed by atoms with E-state index in [4.69, 9.17) is 4.74 Å². The highest BCUT2D eigenvalue weighted by atomic mass is 32.2. The maximum atomic E-state index is 5.27. The number of ether oxygens (including phenoxy) is 1. The minimum atomic E-state index is 0.296. The van der Waals surface area contributed by atoms with Crippen LogP contribution >= 0.6 is 23.1 Å². The summed E-state index contributed by atoms with van der Waals surface area (Å²) in [6.45, 7) is 2.03. The molecule has 1 aromatic carbocycles. The van der Waals surface area contributed by atoms with Crippen molar-refractivity contribution in [3.8, 4) is 5.75 Å². The van der Waals surface area contributed by atoms with E-state index in [-0.39, 0.29) is 0 Å². The van der Waals surface area contributed by atoms with Crippen molar-refractivity contribution >= 4 is 23.1 Å². The SMILES string of the molecule is CNC(CSc1nc(C)cs1)c1cccc(OC)c1. The van der Waals surface area contributed by atoms with Crippen LogP contribution in [-0.2, 0) is 0 Å². The number of nitrogens with zero attached hydrogens (tertiary/aromatic N) is 1. The van der Waals surface area contributed by atoms with E-state index in [0.717, 1.165) is 21.5 Å². The van der Waals surface area contributed by atoms with Crippen LogP contribution in [0.1, 0.15) is 17.3 Å². The van der Waals surface area contributed by atoms with Gasteiger partial charge in [0, 0.05) is 22.9 Å². The fraction of sp³-hybridized carbons (Fsp3) is 0.357. The molecule has 5 heteroatoms. The number of aryl methyl sites for hydroxylation is 1. The summed E-state index contributed by atoms with van der Waals surface area (Å²) < 4.78 is 6.40. The molecule has 2 rings (SSSR count). The topological polar surface area (TPSA) is 34.2 Å². The molecule has 0 amide bonds. The molecule has 0 aliphatic rings. The van der Waals surface area contributed by atoms with Crippen LogP contribution in [0.15, 0.2) is 34.0 Å². The summed E-state index contributed by atoms with van der Waals surface area (Å²) in [7, 11) is 3.68. The monoisotopic (exact) mass is 294 g/mol. The van der Waals surface area contributed by atoms with Gasteiger partial charge in [0.25, 0.3) is 0 Å². The summed E-state index contributed by atoms with van der Waals surface area (Å²) in [5.41, 5.74) is 2.33. The number of nitrogens with one attached hydrogen (secondary N) is 1. The molecule has 2 aromatic rings. The van der Waals surface area contributed by atoms with E-state index >= 15 is 0 Å². The van der Waals surface area contributed by atoms with Crippen molar-refractivity contribution < 1.29 is 4.74 Å². The molecule has 0 aliphatic carbocycles. The van der Waals surface area contributed by atoms with Crippen molar-refractivity contribution in [1.82, 2.24) is 10.3 Å². The molecule has 19 heavy (non-hydrogen) atoms. The Bertz CT molecular complexity index is 528. The lowest BCUT2D eigenvalue weighted by atomic mass is 10.1. The number of rotatable bonds is 6. The van der Waals surface area contributed by atoms with Gasteiger partial charge in [0.05, 0.1) is 7.11 Å². The minimum Gasteiger partial charge on any atom is -0.497 e. The zero-order valence-corrected chi connectivity index (χ0v) is 13.0. The molecule has 1 atom stereocenters. The summed E-state index contributed by atoms with van der Waals surface area (Å²) in [6, 6.07) is 8.49. The van der Waals surface area contributed by atoms with Gasteiger partial charge in [0.15, 0.2) is 0 Å². The predicted octanol–water partition coefficient (Wildman–Crippen LogP) is 3.51. The number of methoxy groups -OCH3 is 1. The molecule has 0 bridgehead atoms. The quantitative estimate of drug-likeness (QED) is 0.827. The van der Waals surface area contributed by atoms with Gasteiger partial charge in [-0.25, -0.2) is 4.98 Å². The third-order valence-electron chi connectivity index (χ3n) is 2.82. The van der Waals surface area contributed by atoms with Crippen molar-refractivity contribution in [2.45, 2.75) is 17.3 Å². The van der Waals surface area contributed by atoms with Gasteiger partial charge in [-0.05, 0) is 31.7 Å². The first kappa shape index (κ1) is 14.4. The van der Waals surface area contributed by atoms with Gasteiger partial charge in [-0.15, -0.1) is 11.3 Å². The summed E-state index contributed by atoms with van der Waals surface area (Å²) in [4.78, 5) is 4.47. The molecule has 0 saturated heterocycles. The van der Waals surface area contributed by atoms with E-state index in [2.05, 4.69) is 27.8 Å². The minimum absolute atomic E-state index is 0.296. The third kappa shape index (κ3) is 3.96. The molecule has 1 N–H and O–H groups in total. The van der Waals surface area contributed by atoms with E-state index in [1.165, 1.54) is 5.56 Å². The van der Waals surface area contributed by atoms with Crippen LogP contribution in [0.5, 0.6) is 5.75 Å². The van der Waals surface area contributed by atoms with Crippen molar-refractivity contribution in [1.29, 1.82) is 0 Å². The van der Waals surface area contributed by atoms with Crippen LogP contribution in [-0.4, -0.2) is 24.9 Å². The maximum absolute atomic E-state index is 5.27. The Morgan fingerprint density at radius 3 is 2.95 bits per heavy atom. The summed E-state index contributed by atoms with van der Waals surface area (Å²) in [5, 5.41) is 5.43. The lowest BCUT2D eigenvalue weighted by molar-refractivity contribution is 0.413. The van der Waals surface area contributed by atoms with Crippen molar-refractivity contribution in [2.75, 3.05) is 19.9 Å². The molecule has 1 aromatic heterocycles. The first-order valence-corrected chi connectivity index (χ1v) is 7.95. The van der Waals surface area contributed by atoms with Crippen LogP contribution in [0.25, 0.3) is 0 Å². The van der Waals surface area contributed by atoms with Gasteiger partial charge in [-0.3, -0.25) is 0 Å². The summed E-state index contributed by atoms with van der Waals surface area (Å²) >= 11 is 3.49. The fourth-order valence-corrected chi connectivity index (χ4v) is 3.78. The Labute approximate surface area is 122 Å². The second-order valence-corrected chi connectivity index (χ2v) is 6.31. The average molecular weight is 294 g/mol. The molecule has 102 valence electrons. The Balaban J connectivity index is 2.02. The Hall–Kier alpha value is -1.04. The summed E-state index contributed by atoms with van der Waals surface area (Å²) in [6.07, 6.45) is 0. The molecule has 0 saturated carbocycles. The largest absolute Gasteiger partial charge is 0.497 e. The van der Waals surface area contributed by atoms with E-state index in [0.29, 0.717) is 6.04 Å². The number of thiazole rings is 1. The van der Waals surface area contributed by atoms with Crippen LogP contribution in [0, 0.1) is 6.92 Å². The smallest absolute Gasteiger partial charge is 0.150 e. The molecule has 0 aliphatic heterocycles. The molecule has 1 unspecified atom stereocenters. The highest BCUT2D eigenvalue weighted by molar-refractivity contribution is 8.01. The van der Waals surface area contributed by atoms with Gasteiger partial charge in [-0.1, -0.05) is 23.9 Å². The number of hydrogen-bond donors (Lipinski definition) is 1. The van der Waals surface area contributed by atoms with Crippen LogP contribution in [0.3, 0.4) is 0 Å². The standard InChI is InChI=1S/C14H18N2OS2/c1-10-8-18-14(16-10)19-9-13(15-2)11-5-4-6-12(7-11)17-3/h4-8,13,15H,9H2,1-3H3. The molecule has 0 radical (unpaired) electrons. The first-order valence-electron chi connectivity index (χ1n) is 6.09. The third-order valence-corrected chi connectivity index (χ3v) is 5.05. The second-order valence-electron chi connectivity index (χ2n) is 4.18. The van der Waals surface area contributed by atoms with Gasteiger partial charge >= 0.3 is 0 Å². The number of benzene rings is 1. The lowest BCUT2D eigenvalue weighted by Crippen LogP contribution is -2.18. The number of thioether (sulfide) groups is 1. The molecule has 0 fully saturated rings. The number of aromatic nitrogens is 1. The zero-order valence-electron chi connectivity index (χ0n) is 11.3. The van der Waals surface area contributed by atoms with E-state index in [1.54, 1.807) is 30.2 Å². The van der Waals surface area contributed by atoms with Gasteiger partial charge in [0.1, 0.15) is 10.1 Å². The van der Waals surface area contributed by atoms with Crippen LogP contribution in [0.2, 0.25) is 0 Å². The van der Waals surface area contributed by atoms with Crippen molar-refractivity contribution in [2.24, 2.45) is 0 Å². The van der Waals surface area contributed by atoms with Crippen molar-refractivity contribution in [3.63, 3.8) is 0 Å². The maximum Gasteiger partial charge on any atom is 0.150 e. The van der Waals surface area contributed by atoms with E-state index in [1.807, 2.05) is 26.1 Å². The van der Waals surface area contributed by atoms with Crippen LogP contribution in [0.4, 0.5) is 0 Å². The predicted molar refractivity (Wildman–Crippen MR) is 82.4 cm³/mol. The van der Waals surface area contributed by atoms with Gasteiger partial charge in [0.2, 0.25) is 0 Å². The second kappa shape index (κ2) is 6.93. The molecular weight excluding hydrogens is 276 g/mol. The van der Waals surface area contributed by atoms with Crippen LogP contribution < -0.4 is 10.1 Å². The van der Waals surface area contributed by atoms with E-state index < -0.39 is 0 Å². The highest BCUT2D eigenvalue weighted by Crippen LogP contribution is 2.28. The fourth-order valence-electron chi connectivity index (χ4n) is 1.76. The Kier molecular flexibility index (Phi) is 5.24. The van der Waals surface area contributed by atoms with Gasteiger partial charge < -0.3 is 10.1 Å². The molecule has 1 heterocycles. The van der Waals surface area contributed by atoms with Crippen molar-refractivity contribution in [3.05, 3.63) is 40.9 Å². The van der Waals surface area contributed by atoms with Gasteiger partial charge in [-0.2, -0.15) is 0 Å². The molecule has 3 nitrogen and oxygen atoms in total. The normalized spacial score (nSPS) is 12.4. The Morgan fingerprint density at radius 1 is 1.47 bits per heavy atom. The zero-order chi connectivity index (χ0) is 13.7. The first-order chi connectivity index (χ1) is 9.22. The highest BCUT2D eigenvalue weighted by Gasteiger charge is 2.11. The molecular formula is C14H18N2OS2. The Morgan fingerprint density at radius 2 is 2.32 bits per heavy atom. The average Bonchev–Trinajstić information content (AvgIpc) is 2.85. The summed E-state index contributed by atoms with van der Waals surface area (Å²) in [5.74, 6) is 1.85. The van der Waals surface area contributed by atoms with E-state index in [9.17, 15) is 0 Å². The lowest BCUT2D eigenvalue weighted by Gasteiger charge is -2.16. The number of hydrogen-bond acceptors (Lipinski definition) is 5.